The van der Waals surface area contributed by atoms with Crippen LogP contribution < -0.4 is 5.69 Å². The lowest BCUT2D eigenvalue weighted by Crippen LogP contribution is -2.19. The molecule has 0 spiro atoms. The second-order valence-corrected chi connectivity index (χ2v) is 2.19. The first kappa shape index (κ1) is 8.95. The van der Waals surface area contributed by atoms with Gasteiger partial charge in [0.1, 0.15) is 6.33 Å². The third kappa shape index (κ3) is 2.48. The minimum Gasteiger partial charge on any atom is -0.394 e. The fourth-order valence-electron chi connectivity index (χ4n) is 0.759. The third-order valence-corrected chi connectivity index (χ3v) is 1.33. The van der Waals surface area contributed by atoms with Gasteiger partial charge in [-0.05, 0) is 0 Å². The fourth-order valence-corrected chi connectivity index (χ4v) is 0.759. The van der Waals surface area contributed by atoms with Crippen molar-refractivity contribution >= 4 is 0 Å². The van der Waals surface area contributed by atoms with Gasteiger partial charge in [0.05, 0.1) is 26.4 Å². The van der Waals surface area contributed by atoms with Crippen LogP contribution in [0, 0.1) is 0 Å². The lowest BCUT2D eigenvalue weighted by atomic mass is 10.6. The molecule has 0 fully saturated rings. The first-order valence-electron chi connectivity index (χ1n) is 3.63. The number of rotatable bonds is 5. The number of aliphatic hydroxyl groups is 1. The Balaban J connectivity index is 2.24. The molecule has 0 amide bonds. The van der Waals surface area contributed by atoms with Crippen LogP contribution >= 0.6 is 0 Å². The predicted octanol–water partition coefficient (Wildman–Crippen LogP) is -1.42. The monoisotopic (exact) mass is 173 g/mol. The molecule has 6 nitrogen and oxygen atoms in total. The molecule has 1 heterocycles. The van der Waals surface area contributed by atoms with Gasteiger partial charge in [-0.25, -0.2) is 9.89 Å². The predicted molar refractivity (Wildman–Crippen MR) is 40.8 cm³/mol. The van der Waals surface area contributed by atoms with Crippen LogP contribution in [0.3, 0.4) is 0 Å². The number of H-pyrrole nitrogens is 1. The molecule has 0 aliphatic carbocycles. The van der Waals surface area contributed by atoms with Crippen molar-refractivity contribution in [1.29, 1.82) is 0 Å². The van der Waals surface area contributed by atoms with Crippen molar-refractivity contribution in [2.24, 2.45) is 0 Å². The molecule has 0 radical (unpaired) electrons. The Labute approximate surface area is 68.8 Å². The van der Waals surface area contributed by atoms with Crippen molar-refractivity contribution in [1.82, 2.24) is 14.8 Å². The Bertz CT molecular complexity index is 267. The number of aliphatic hydroxyl groups excluding tert-OH is 1. The topological polar surface area (TPSA) is 80.1 Å². The van der Waals surface area contributed by atoms with Gasteiger partial charge in [-0.2, -0.15) is 5.10 Å². The van der Waals surface area contributed by atoms with Gasteiger partial charge in [-0.1, -0.05) is 0 Å². The maximum atomic E-state index is 10.8. The van der Waals surface area contributed by atoms with Gasteiger partial charge in [0.2, 0.25) is 0 Å². The van der Waals surface area contributed by atoms with Crippen LogP contribution in [0.4, 0.5) is 0 Å². The normalized spacial score (nSPS) is 10.4. The molecule has 68 valence electrons. The summed E-state index contributed by atoms with van der Waals surface area (Å²) in [5, 5.41) is 14.2. The summed E-state index contributed by atoms with van der Waals surface area (Å²) >= 11 is 0. The maximum Gasteiger partial charge on any atom is 0.343 e. The number of ether oxygens (including phenoxy) is 1. The molecule has 1 rings (SSSR count). The quantitative estimate of drug-likeness (QED) is 0.535. The van der Waals surface area contributed by atoms with E-state index in [-0.39, 0.29) is 12.3 Å². The first-order valence-corrected chi connectivity index (χ1v) is 3.63. The number of hydrogen-bond donors (Lipinski definition) is 2. The molecular formula is C6H11N3O3. The highest BCUT2D eigenvalue weighted by atomic mass is 16.5. The largest absolute Gasteiger partial charge is 0.394 e. The average molecular weight is 173 g/mol. The summed E-state index contributed by atoms with van der Waals surface area (Å²) in [4.78, 5) is 10.8. The van der Waals surface area contributed by atoms with Crippen LogP contribution in [-0.2, 0) is 11.3 Å². The summed E-state index contributed by atoms with van der Waals surface area (Å²) in [6.07, 6.45) is 1.41. The van der Waals surface area contributed by atoms with Crippen molar-refractivity contribution < 1.29 is 9.84 Å². The molecule has 0 bridgehead atoms. The van der Waals surface area contributed by atoms with Crippen LogP contribution in [0.2, 0.25) is 0 Å². The second kappa shape index (κ2) is 4.68. The zero-order chi connectivity index (χ0) is 8.81. The Kier molecular flexibility index (Phi) is 3.49. The number of aromatic nitrogens is 3. The number of nitrogens with zero attached hydrogens (tertiary/aromatic N) is 2. The number of nitrogens with one attached hydrogen (secondary N) is 1. The van der Waals surface area contributed by atoms with Crippen LogP contribution in [0.25, 0.3) is 0 Å². The molecule has 0 saturated heterocycles. The van der Waals surface area contributed by atoms with E-state index in [1.165, 1.54) is 10.9 Å². The molecule has 1 aromatic heterocycles. The van der Waals surface area contributed by atoms with E-state index in [1.54, 1.807) is 0 Å². The molecule has 1 aromatic rings. The van der Waals surface area contributed by atoms with Crippen molar-refractivity contribution in [3.05, 3.63) is 16.8 Å². The molecule has 0 unspecified atom stereocenters. The molecule has 0 aromatic carbocycles. The van der Waals surface area contributed by atoms with Crippen LogP contribution in [0.15, 0.2) is 11.1 Å². The molecule has 2 N–H and O–H groups in total. The van der Waals surface area contributed by atoms with Crippen LogP contribution in [0.5, 0.6) is 0 Å². The molecular weight excluding hydrogens is 162 g/mol. The van der Waals surface area contributed by atoms with Crippen LogP contribution in [-0.4, -0.2) is 39.7 Å². The Morgan fingerprint density at radius 3 is 3.08 bits per heavy atom. The van der Waals surface area contributed by atoms with Gasteiger partial charge >= 0.3 is 5.69 Å². The Morgan fingerprint density at radius 2 is 2.50 bits per heavy atom. The van der Waals surface area contributed by atoms with E-state index in [9.17, 15) is 4.79 Å². The van der Waals surface area contributed by atoms with Crippen molar-refractivity contribution in [2.45, 2.75) is 6.54 Å². The smallest absolute Gasteiger partial charge is 0.343 e. The Hall–Kier alpha value is -1.14. The molecule has 6 heteroatoms. The fraction of sp³-hybridized carbons (Fsp3) is 0.667. The van der Waals surface area contributed by atoms with Crippen molar-refractivity contribution in [3.8, 4) is 0 Å². The van der Waals surface area contributed by atoms with Crippen LogP contribution in [0.1, 0.15) is 0 Å². The summed E-state index contributed by atoms with van der Waals surface area (Å²) in [6.45, 7) is 1.15. The molecule has 0 aliphatic heterocycles. The zero-order valence-corrected chi connectivity index (χ0v) is 6.56. The molecule has 0 atom stereocenters. The van der Waals surface area contributed by atoms with Gasteiger partial charge in [-0.3, -0.25) is 4.57 Å². The van der Waals surface area contributed by atoms with E-state index in [0.717, 1.165) is 0 Å². The maximum absolute atomic E-state index is 10.8. The van der Waals surface area contributed by atoms with E-state index in [4.69, 9.17) is 9.84 Å². The van der Waals surface area contributed by atoms with Crippen molar-refractivity contribution in [2.75, 3.05) is 19.8 Å². The van der Waals surface area contributed by atoms with E-state index in [0.29, 0.717) is 19.8 Å². The van der Waals surface area contributed by atoms with Gasteiger partial charge in [0, 0.05) is 0 Å². The van der Waals surface area contributed by atoms with E-state index >= 15 is 0 Å². The van der Waals surface area contributed by atoms with E-state index < -0.39 is 0 Å². The number of hydrogen-bond acceptors (Lipinski definition) is 4. The lowest BCUT2D eigenvalue weighted by molar-refractivity contribution is 0.0865. The zero-order valence-electron chi connectivity index (χ0n) is 6.56. The van der Waals surface area contributed by atoms with Gasteiger partial charge in [0.25, 0.3) is 0 Å². The summed E-state index contributed by atoms with van der Waals surface area (Å²) in [5.41, 5.74) is -0.248. The van der Waals surface area contributed by atoms with Crippen molar-refractivity contribution in [3.63, 3.8) is 0 Å². The van der Waals surface area contributed by atoms with E-state index in [2.05, 4.69) is 10.2 Å². The van der Waals surface area contributed by atoms with Gasteiger partial charge < -0.3 is 9.84 Å². The SMILES string of the molecule is O=c1[nH]ncn1CCOCCO. The summed E-state index contributed by atoms with van der Waals surface area (Å²) in [5.74, 6) is 0. The highest BCUT2D eigenvalue weighted by Gasteiger charge is 1.95. The third-order valence-electron chi connectivity index (χ3n) is 1.33. The minimum absolute atomic E-state index is 0.000283. The summed E-state index contributed by atoms with van der Waals surface area (Å²) in [7, 11) is 0. The minimum atomic E-state index is -0.248. The van der Waals surface area contributed by atoms with Gasteiger partial charge in [0.15, 0.2) is 0 Å². The second-order valence-electron chi connectivity index (χ2n) is 2.19. The molecule has 12 heavy (non-hydrogen) atoms. The van der Waals surface area contributed by atoms with Gasteiger partial charge in [-0.15, -0.1) is 0 Å². The highest BCUT2D eigenvalue weighted by Crippen LogP contribution is 1.78. The lowest BCUT2D eigenvalue weighted by Gasteiger charge is -2.00. The summed E-state index contributed by atoms with van der Waals surface area (Å²) in [6, 6.07) is 0. The Morgan fingerprint density at radius 1 is 1.67 bits per heavy atom. The highest BCUT2D eigenvalue weighted by molar-refractivity contribution is 4.62. The first-order chi connectivity index (χ1) is 5.84. The standard InChI is InChI=1S/C6H11N3O3/c10-2-4-12-3-1-9-5-7-8-6(9)11/h5,10H,1-4H2,(H,8,11). The van der Waals surface area contributed by atoms with E-state index in [1.807, 2.05) is 0 Å². The average Bonchev–Trinajstić information content (AvgIpc) is 2.46. The number of aromatic amines is 1. The molecule has 0 saturated carbocycles. The summed E-state index contributed by atoms with van der Waals surface area (Å²) < 4.78 is 6.36. The molecule has 0 aliphatic rings.